The number of pyridine rings is 2. The summed E-state index contributed by atoms with van der Waals surface area (Å²) < 4.78 is 6.91. The summed E-state index contributed by atoms with van der Waals surface area (Å²) in [6, 6.07) is 7.66. The van der Waals surface area contributed by atoms with E-state index in [2.05, 4.69) is 18.7 Å². The number of carbonyl (C=O) groups excluding carboxylic acids is 1. The van der Waals surface area contributed by atoms with Gasteiger partial charge in [-0.2, -0.15) is 0 Å². The number of nitrogens with zero attached hydrogens (tertiary/aromatic N) is 5. The maximum absolute atomic E-state index is 13.7. The Morgan fingerprint density at radius 3 is 2.65 bits per heavy atom. The van der Waals surface area contributed by atoms with Crippen LogP contribution in [0.1, 0.15) is 43.9 Å². The number of carbonyl (C=O) groups is 1. The summed E-state index contributed by atoms with van der Waals surface area (Å²) in [6.07, 6.45) is 0.110. The molecule has 1 N–H and O–H groups in total. The van der Waals surface area contributed by atoms with E-state index in [0.29, 0.717) is 35.0 Å². The van der Waals surface area contributed by atoms with Crippen LogP contribution in [-0.2, 0) is 28.3 Å². The summed E-state index contributed by atoms with van der Waals surface area (Å²) in [5.41, 5.74) is 3.44. The van der Waals surface area contributed by atoms with Gasteiger partial charge in [0.1, 0.15) is 6.61 Å². The predicted molar refractivity (Wildman–Crippen MR) is 145 cm³/mol. The molecule has 0 aliphatic carbocycles. The fourth-order valence-corrected chi connectivity index (χ4v) is 5.63. The van der Waals surface area contributed by atoms with Gasteiger partial charge in [-0.25, -0.2) is 14.8 Å². The minimum Gasteiger partial charge on any atom is -0.458 e. The van der Waals surface area contributed by atoms with Gasteiger partial charge in [0, 0.05) is 31.8 Å². The second kappa shape index (κ2) is 8.56. The first-order valence-electron chi connectivity index (χ1n) is 12.3. The maximum atomic E-state index is 13.7. The van der Waals surface area contributed by atoms with Crippen molar-refractivity contribution in [3.05, 3.63) is 51.3 Å². The first kappa shape index (κ1) is 25.2. The Labute approximate surface area is 220 Å². The highest BCUT2D eigenvalue weighted by molar-refractivity contribution is 6.15. The SMILES string of the molecule is CC[C@@]1(O)C(=O)OCc2c1cc1n(c2=O)Cc2c-1nc1cccc3c1c2N(CC(C)C)C(N(C)C)=N3.Cl. The average Bonchev–Trinajstić information content (AvgIpc) is 3.21. The molecule has 6 rings (SSSR count). The van der Waals surface area contributed by atoms with E-state index in [-0.39, 0.29) is 31.0 Å². The Morgan fingerprint density at radius 2 is 1.97 bits per heavy atom. The molecule has 0 unspecified atom stereocenters. The topological polar surface area (TPSA) is 100 Å². The van der Waals surface area contributed by atoms with Crippen LogP contribution in [0.25, 0.3) is 22.3 Å². The number of esters is 1. The molecule has 37 heavy (non-hydrogen) atoms. The third kappa shape index (κ3) is 3.40. The minimum absolute atomic E-state index is 0. The summed E-state index contributed by atoms with van der Waals surface area (Å²) >= 11 is 0. The number of rotatable bonds is 3. The Bertz CT molecular complexity index is 1560. The van der Waals surface area contributed by atoms with E-state index in [4.69, 9.17) is 14.7 Å². The van der Waals surface area contributed by atoms with Crippen LogP contribution in [0.2, 0.25) is 0 Å². The van der Waals surface area contributed by atoms with Crippen molar-refractivity contribution in [2.24, 2.45) is 10.9 Å². The number of benzene rings is 1. The average molecular weight is 524 g/mol. The first-order valence-corrected chi connectivity index (χ1v) is 12.3. The van der Waals surface area contributed by atoms with Gasteiger partial charge in [0.2, 0.25) is 5.96 Å². The molecule has 3 aromatic rings. The number of cyclic esters (lactones) is 1. The number of anilines is 1. The number of halogens is 1. The quantitative estimate of drug-likeness (QED) is 0.410. The fourth-order valence-electron chi connectivity index (χ4n) is 5.63. The molecule has 3 aliphatic rings. The Hall–Kier alpha value is -3.43. The van der Waals surface area contributed by atoms with Crippen LogP contribution in [-0.4, -0.2) is 52.1 Å². The van der Waals surface area contributed by atoms with Gasteiger partial charge >= 0.3 is 5.97 Å². The van der Waals surface area contributed by atoms with Gasteiger partial charge in [0.15, 0.2) is 5.60 Å². The molecule has 1 aromatic carbocycles. The summed E-state index contributed by atoms with van der Waals surface area (Å²) in [4.78, 5) is 40.4. The lowest BCUT2D eigenvalue weighted by atomic mass is 9.86. The Morgan fingerprint density at radius 1 is 1.22 bits per heavy atom. The molecule has 0 saturated heterocycles. The lowest BCUT2D eigenvalue weighted by Gasteiger charge is -2.36. The van der Waals surface area contributed by atoms with Crippen LogP contribution in [0.4, 0.5) is 11.4 Å². The zero-order valence-electron chi connectivity index (χ0n) is 21.5. The van der Waals surface area contributed by atoms with Crippen molar-refractivity contribution >= 4 is 46.6 Å². The van der Waals surface area contributed by atoms with Gasteiger partial charge in [-0.15, -0.1) is 12.4 Å². The van der Waals surface area contributed by atoms with E-state index in [9.17, 15) is 14.7 Å². The van der Waals surface area contributed by atoms with Gasteiger partial charge in [-0.3, -0.25) is 4.79 Å². The number of ether oxygens (including phenoxy) is 1. The lowest BCUT2D eigenvalue weighted by Crippen LogP contribution is -2.44. The molecular formula is C27H30ClN5O4. The van der Waals surface area contributed by atoms with Gasteiger partial charge in [-0.1, -0.05) is 26.8 Å². The summed E-state index contributed by atoms with van der Waals surface area (Å²) in [7, 11) is 3.96. The summed E-state index contributed by atoms with van der Waals surface area (Å²) in [5, 5.41) is 12.2. The van der Waals surface area contributed by atoms with Gasteiger partial charge in [0.05, 0.1) is 45.8 Å². The molecule has 194 valence electrons. The van der Waals surface area contributed by atoms with Gasteiger partial charge in [-0.05, 0) is 30.5 Å². The van der Waals surface area contributed by atoms with Crippen LogP contribution < -0.4 is 10.5 Å². The molecule has 0 saturated carbocycles. The monoisotopic (exact) mass is 523 g/mol. The minimum atomic E-state index is -1.85. The second-order valence-electron chi connectivity index (χ2n) is 10.4. The van der Waals surface area contributed by atoms with Crippen molar-refractivity contribution in [2.75, 3.05) is 25.5 Å². The number of fused-ring (bicyclic) bond motifs is 5. The van der Waals surface area contributed by atoms with Crippen LogP contribution in [0.15, 0.2) is 34.1 Å². The molecule has 2 aromatic heterocycles. The molecule has 9 nitrogen and oxygen atoms in total. The van der Waals surface area contributed by atoms with E-state index in [1.807, 2.05) is 37.2 Å². The van der Waals surface area contributed by atoms with Crippen molar-refractivity contribution in [3.63, 3.8) is 0 Å². The number of aromatic nitrogens is 2. The van der Waals surface area contributed by atoms with Crippen molar-refractivity contribution in [2.45, 2.75) is 45.9 Å². The fraction of sp³-hybridized carbons (Fsp3) is 0.407. The van der Waals surface area contributed by atoms with Crippen molar-refractivity contribution in [1.29, 1.82) is 0 Å². The van der Waals surface area contributed by atoms with E-state index >= 15 is 0 Å². The van der Waals surface area contributed by atoms with E-state index < -0.39 is 11.6 Å². The molecule has 3 aliphatic heterocycles. The molecular weight excluding hydrogens is 494 g/mol. The number of aliphatic hydroxyl groups is 1. The largest absolute Gasteiger partial charge is 0.458 e. The molecule has 0 radical (unpaired) electrons. The maximum Gasteiger partial charge on any atom is 0.343 e. The van der Waals surface area contributed by atoms with Crippen molar-refractivity contribution < 1.29 is 14.6 Å². The molecule has 0 amide bonds. The van der Waals surface area contributed by atoms with E-state index in [1.165, 1.54) is 0 Å². The van der Waals surface area contributed by atoms with Crippen LogP contribution in [0.5, 0.6) is 0 Å². The zero-order chi connectivity index (χ0) is 25.5. The van der Waals surface area contributed by atoms with Crippen LogP contribution in [0, 0.1) is 5.92 Å². The van der Waals surface area contributed by atoms with Crippen molar-refractivity contribution in [1.82, 2.24) is 14.5 Å². The number of guanidine groups is 1. The third-order valence-corrected chi connectivity index (χ3v) is 7.34. The summed E-state index contributed by atoms with van der Waals surface area (Å²) in [6.45, 7) is 6.99. The van der Waals surface area contributed by atoms with E-state index in [1.54, 1.807) is 17.6 Å². The molecule has 0 spiro atoms. The van der Waals surface area contributed by atoms with Gasteiger partial charge in [0.25, 0.3) is 5.56 Å². The highest BCUT2D eigenvalue weighted by atomic mass is 35.5. The number of hydrogen-bond acceptors (Lipinski definition) is 8. The first-order chi connectivity index (χ1) is 17.2. The number of hydrogen-bond donors (Lipinski definition) is 1. The zero-order valence-corrected chi connectivity index (χ0v) is 22.3. The third-order valence-electron chi connectivity index (χ3n) is 7.34. The lowest BCUT2D eigenvalue weighted by molar-refractivity contribution is -0.172. The van der Waals surface area contributed by atoms with Crippen LogP contribution >= 0.6 is 12.4 Å². The molecule has 0 fully saturated rings. The standard InChI is InChI=1S/C27H29N5O4.ClH/c1-6-27(35)17-10-20-22-15(12-31(20)24(33)16(17)13-36-25(27)34)23-21-18(28-22)8-7-9-19(21)29-26(30(4)5)32(23)11-14(2)3;/h7-10,14,35H,6,11-13H2,1-5H3;1H/t27-;/m0./s1. The molecule has 1 atom stereocenters. The molecule has 0 bridgehead atoms. The van der Waals surface area contributed by atoms with Crippen molar-refractivity contribution in [3.8, 4) is 11.4 Å². The predicted octanol–water partition coefficient (Wildman–Crippen LogP) is 3.53. The van der Waals surface area contributed by atoms with E-state index in [0.717, 1.165) is 40.3 Å². The highest BCUT2D eigenvalue weighted by Crippen LogP contribution is 2.47. The number of aliphatic imine (C=N–C) groups is 1. The molecule has 10 heteroatoms. The molecule has 5 heterocycles. The normalized spacial score (nSPS) is 19.2. The summed E-state index contributed by atoms with van der Waals surface area (Å²) in [5.74, 6) is 0.473. The van der Waals surface area contributed by atoms with Gasteiger partial charge < -0.3 is 24.2 Å². The highest BCUT2D eigenvalue weighted by Gasteiger charge is 2.46. The Kier molecular flexibility index (Phi) is 5.84. The van der Waals surface area contributed by atoms with Crippen LogP contribution in [0.3, 0.4) is 0 Å². The Balaban J connectivity index is 0.00000280. The smallest absolute Gasteiger partial charge is 0.343 e. The second-order valence-corrected chi connectivity index (χ2v) is 10.4.